The fourth-order valence-electron chi connectivity index (χ4n) is 1.83. The second-order valence-electron chi connectivity index (χ2n) is 5.26. The summed E-state index contributed by atoms with van der Waals surface area (Å²) < 4.78 is 5.65. The second kappa shape index (κ2) is 23.0. The van der Waals surface area contributed by atoms with Gasteiger partial charge in [-0.1, -0.05) is 80.1 Å². The van der Waals surface area contributed by atoms with Gasteiger partial charge in [0.2, 0.25) is 0 Å². The molecule has 0 saturated heterocycles. The molecular formula is C23H35BO2. The summed E-state index contributed by atoms with van der Waals surface area (Å²) in [5.41, 5.74) is 0. The molecule has 0 aliphatic rings. The van der Waals surface area contributed by atoms with Crippen LogP contribution in [0.4, 0.5) is 0 Å². The van der Waals surface area contributed by atoms with Crippen molar-refractivity contribution in [3.8, 4) is 0 Å². The molecule has 3 heteroatoms. The second-order valence-corrected chi connectivity index (χ2v) is 5.26. The highest BCUT2D eigenvalue weighted by molar-refractivity contribution is 6.12. The van der Waals surface area contributed by atoms with Gasteiger partial charge in [0, 0.05) is 7.11 Å². The number of rotatable bonds is 13. The van der Waals surface area contributed by atoms with E-state index in [0.29, 0.717) is 6.61 Å². The number of aliphatic hydroxyl groups excluding tert-OH is 1. The number of ether oxygens (including phenoxy) is 1. The average Bonchev–Trinajstić information content (AvgIpc) is 2.65. The number of hydrogen-bond acceptors (Lipinski definition) is 2. The van der Waals surface area contributed by atoms with Gasteiger partial charge in [0.1, 0.15) is 5.76 Å². The third kappa shape index (κ3) is 20.1. The van der Waals surface area contributed by atoms with E-state index in [9.17, 15) is 0 Å². The van der Waals surface area contributed by atoms with E-state index in [-0.39, 0.29) is 5.82 Å². The van der Waals surface area contributed by atoms with Crippen molar-refractivity contribution in [3.63, 3.8) is 0 Å². The zero-order valence-electron chi connectivity index (χ0n) is 16.7. The third-order valence-electron chi connectivity index (χ3n) is 3.06. The summed E-state index contributed by atoms with van der Waals surface area (Å²) in [5.74, 6) is 0.802. The quantitative estimate of drug-likeness (QED) is 0.144. The summed E-state index contributed by atoms with van der Waals surface area (Å²) in [4.78, 5) is 0. The Balaban J connectivity index is 0. The molecule has 1 unspecified atom stereocenters. The van der Waals surface area contributed by atoms with E-state index in [1.54, 1.807) is 6.08 Å². The fourth-order valence-corrected chi connectivity index (χ4v) is 1.83. The summed E-state index contributed by atoms with van der Waals surface area (Å²) in [7, 11) is 7.03. The van der Waals surface area contributed by atoms with Gasteiger partial charge in [-0.15, -0.1) is 0 Å². The molecule has 0 aromatic carbocycles. The summed E-state index contributed by atoms with van der Waals surface area (Å²) in [5, 5.41) is 7.00. The fraction of sp³-hybridized carbons (Fsp3) is 0.391. The summed E-state index contributed by atoms with van der Waals surface area (Å²) >= 11 is 0. The summed E-state index contributed by atoms with van der Waals surface area (Å²) in [6, 6.07) is 0. The Labute approximate surface area is 162 Å². The first-order valence-electron chi connectivity index (χ1n) is 9.18. The Morgan fingerprint density at radius 1 is 1.08 bits per heavy atom. The van der Waals surface area contributed by atoms with E-state index < -0.39 is 0 Å². The molecule has 2 nitrogen and oxygen atoms in total. The lowest BCUT2D eigenvalue weighted by Crippen LogP contribution is -1.98. The van der Waals surface area contributed by atoms with Crippen LogP contribution in [0.25, 0.3) is 0 Å². The molecule has 0 heterocycles. The van der Waals surface area contributed by atoms with E-state index in [0.717, 1.165) is 38.6 Å². The molecule has 142 valence electrons. The first-order valence-corrected chi connectivity index (χ1v) is 9.18. The molecule has 2 radical (unpaired) electrons. The average molecular weight is 354 g/mol. The van der Waals surface area contributed by atoms with Gasteiger partial charge in [-0.05, 0) is 44.8 Å². The van der Waals surface area contributed by atoms with Gasteiger partial charge in [-0.2, -0.15) is 0 Å². The van der Waals surface area contributed by atoms with Crippen molar-refractivity contribution in [2.45, 2.75) is 45.3 Å². The number of unbranched alkanes of at least 4 members (excludes halogenated alkanes) is 1. The van der Waals surface area contributed by atoms with Crippen molar-refractivity contribution in [2.75, 3.05) is 13.7 Å². The zero-order valence-corrected chi connectivity index (χ0v) is 16.7. The highest BCUT2D eigenvalue weighted by Gasteiger charge is 1.97. The van der Waals surface area contributed by atoms with E-state index >= 15 is 0 Å². The summed E-state index contributed by atoms with van der Waals surface area (Å²) in [6.07, 6.45) is 28.2. The van der Waals surface area contributed by atoms with Crippen molar-refractivity contribution in [3.05, 3.63) is 85.3 Å². The molecule has 26 heavy (non-hydrogen) atoms. The molecule has 0 aliphatic heterocycles. The van der Waals surface area contributed by atoms with Crippen LogP contribution in [-0.4, -0.2) is 26.7 Å². The smallest absolute Gasteiger partial charge is 0.118 e. The maximum atomic E-state index is 7.00. The summed E-state index contributed by atoms with van der Waals surface area (Å²) in [6.45, 7) is 8.37. The molecule has 0 saturated carbocycles. The molecular weight excluding hydrogens is 319 g/mol. The van der Waals surface area contributed by atoms with Crippen LogP contribution >= 0.6 is 0 Å². The molecule has 0 aliphatic carbocycles. The number of aliphatic hydroxyl groups is 1. The highest BCUT2D eigenvalue weighted by Crippen LogP contribution is 2.10. The van der Waals surface area contributed by atoms with E-state index in [1.165, 1.54) is 0 Å². The Morgan fingerprint density at radius 2 is 1.77 bits per heavy atom. The van der Waals surface area contributed by atoms with Gasteiger partial charge < -0.3 is 9.84 Å². The van der Waals surface area contributed by atoms with Crippen molar-refractivity contribution < 1.29 is 9.84 Å². The molecule has 0 rings (SSSR count). The zero-order chi connectivity index (χ0) is 19.9. The first kappa shape index (κ1) is 26.2. The van der Waals surface area contributed by atoms with E-state index in [4.69, 9.17) is 17.7 Å². The van der Waals surface area contributed by atoms with Crippen LogP contribution in [0.1, 0.15) is 39.5 Å². The Morgan fingerprint density at radius 3 is 2.42 bits per heavy atom. The molecule has 0 spiro atoms. The van der Waals surface area contributed by atoms with Crippen LogP contribution in [0.2, 0.25) is 5.82 Å². The SMILES string of the molecule is CO.[B]C(/C=C/C=C\C=C\CC/C=C\CC)CCOC(/C=C\C)=C/C=C. The molecule has 0 aromatic heterocycles. The Hall–Kier alpha value is -2.00. The minimum atomic E-state index is -0.00611. The topological polar surface area (TPSA) is 29.5 Å². The highest BCUT2D eigenvalue weighted by atomic mass is 16.5. The van der Waals surface area contributed by atoms with Crippen LogP contribution in [0.3, 0.4) is 0 Å². The van der Waals surface area contributed by atoms with Crippen molar-refractivity contribution in [2.24, 2.45) is 0 Å². The van der Waals surface area contributed by atoms with Crippen LogP contribution in [0.5, 0.6) is 0 Å². The van der Waals surface area contributed by atoms with Crippen LogP contribution < -0.4 is 0 Å². The largest absolute Gasteiger partial charge is 0.494 e. The minimum absolute atomic E-state index is 0.00611. The van der Waals surface area contributed by atoms with Gasteiger partial charge >= 0.3 is 0 Å². The predicted molar refractivity (Wildman–Crippen MR) is 117 cm³/mol. The van der Waals surface area contributed by atoms with Gasteiger partial charge in [0.15, 0.2) is 0 Å². The number of hydrogen-bond donors (Lipinski definition) is 1. The molecule has 0 fully saturated rings. The van der Waals surface area contributed by atoms with Gasteiger partial charge in [-0.3, -0.25) is 0 Å². The van der Waals surface area contributed by atoms with E-state index in [1.807, 2.05) is 49.5 Å². The van der Waals surface area contributed by atoms with Gasteiger partial charge in [0.05, 0.1) is 14.5 Å². The van der Waals surface area contributed by atoms with Crippen molar-refractivity contribution in [1.29, 1.82) is 0 Å². The first-order chi connectivity index (χ1) is 12.7. The predicted octanol–water partition coefficient (Wildman–Crippen LogP) is 6.02. The van der Waals surface area contributed by atoms with Gasteiger partial charge in [-0.25, -0.2) is 0 Å². The van der Waals surface area contributed by atoms with Crippen LogP contribution in [-0.2, 0) is 4.74 Å². The monoisotopic (exact) mass is 354 g/mol. The molecule has 0 aromatic rings. The molecule has 0 bridgehead atoms. The maximum Gasteiger partial charge on any atom is 0.118 e. The van der Waals surface area contributed by atoms with Crippen LogP contribution in [0, 0.1) is 0 Å². The van der Waals surface area contributed by atoms with Crippen molar-refractivity contribution in [1.82, 2.24) is 0 Å². The van der Waals surface area contributed by atoms with Crippen molar-refractivity contribution >= 4 is 7.85 Å². The molecule has 1 N–H and O–H groups in total. The Kier molecular flexibility index (Phi) is 23.2. The Bertz CT molecular complexity index is 482. The lowest BCUT2D eigenvalue weighted by Gasteiger charge is -2.09. The molecule has 1 atom stereocenters. The van der Waals surface area contributed by atoms with E-state index in [2.05, 4.69) is 37.8 Å². The van der Waals surface area contributed by atoms with Crippen LogP contribution in [0.15, 0.2) is 85.3 Å². The lowest BCUT2D eigenvalue weighted by molar-refractivity contribution is 0.221. The van der Waals surface area contributed by atoms with Gasteiger partial charge in [0.25, 0.3) is 0 Å². The normalized spacial score (nSPS) is 13.8. The number of allylic oxidation sites excluding steroid dienone is 12. The molecule has 0 amide bonds. The lowest BCUT2D eigenvalue weighted by atomic mass is 9.84. The minimum Gasteiger partial charge on any atom is -0.494 e. The third-order valence-corrected chi connectivity index (χ3v) is 3.06. The maximum absolute atomic E-state index is 7.00. The standard InChI is InChI=1S/C22H31BO.CH4O/c1-4-7-8-9-10-11-12-13-14-15-18-21(23)19-20-24-22(16-5-2)17-6-3;1-2/h5-8,11-18,21H,2,4,9-10,19-20H2,1,3H3;2H,1H3/b8-7-,12-11+,14-13-,17-6-,18-15+,22-16+;.